The van der Waals surface area contributed by atoms with Gasteiger partial charge in [0.2, 0.25) is 0 Å². The highest BCUT2D eigenvalue weighted by molar-refractivity contribution is 5.95. The fourth-order valence-corrected chi connectivity index (χ4v) is 2.35. The summed E-state index contributed by atoms with van der Waals surface area (Å²) in [6, 6.07) is 7.55. The quantitative estimate of drug-likeness (QED) is 0.855. The molecule has 2 rings (SSSR count). The zero-order valence-corrected chi connectivity index (χ0v) is 12.2. The van der Waals surface area contributed by atoms with Crippen LogP contribution in [0.1, 0.15) is 18.4 Å². The fourth-order valence-electron chi connectivity index (χ4n) is 2.35. The molecule has 1 aromatic carbocycles. The number of carbonyl (C=O) groups is 2. The standard InChI is InChI=1S/C15H20N2O4/c1-17(2)9-10-5-3-4-6-11(10)16-14(18)12-7-8-13(21-12)15(19)20/h3-6,12-13H,7-9H2,1-2H3,(H,16,18)(H,19,20). The van der Waals surface area contributed by atoms with E-state index in [4.69, 9.17) is 9.84 Å². The molecule has 1 saturated heterocycles. The molecule has 2 N–H and O–H groups in total. The molecule has 2 unspecified atom stereocenters. The van der Waals surface area contributed by atoms with Crippen LogP contribution in [0.15, 0.2) is 24.3 Å². The zero-order valence-electron chi connectivity index (χ0n) is 12.2. The van der Waals surface area contributed by atoms with Crippen molar-refractivity contribution in [2.75, 3.05) is 19.4 Å². The van der Waals surface area contributed by atoms with E-state index in [2.05, 4.69) is 5.32 Å². The average molecular weight is 292 g/mol. The van der Waals surface area contributed by atoms with Crippen molar-refractivity contribution in [1.29, 1.82) is 0 Å². The van der Waals surface area contributed by atoms with Gasteiger partial charge in [-0.1, -0.05) is 18.2 Å². The van der Waals surface area contributed by atoms with Gasteiger partial charge in [-0.2, -0.15) is 0 Å². The van der Waals surface area contributed by atoms with Crippen LogP contribution in [0.3, 0.4) is 0 Å². The van der Waals surface area contributed by atoms with Crippen molar-refractivity contribution in [3.05, 3.63) is 29.8 Å². The van der Waals surface area contributed by atoms with Crippen molar-refractivity contribution in [3.63, 3.8) is 0 Å². The largest absolute Gasteiger partial charge is 0.479 e. The zero-order chi connectivity index (χ0) is 15.4. The Morgan fingerprint density at radius 3 is 2.57 bits per heavy atom. The minimum Gasteiger partial charge on any atom is -0.479 e. The highest BCUT2D eigenvalue weighted by atomic mass is 16.5. The first-order valence-corrected chi connectivity index (χ1v) is 6.89. The second-order valence-electron chi connectivity index (χ2n) is 5.41. The molecule has 21 heavy (non-hydrogen) atoms. The van der Waals surface area contributed by atoms with Gasteiger partial charge in [-0.25, -0.2) is 4.79 Å². The number of carboxylic acids is 1. The predicted octanol–water partition coefficient (Wildman–Crippen LogP) is 1.32. The van der Waals surface area contributed by atoms with Crippen molar-refractivity contribution < 1.29 is 19.4 Å². The average Bonchev–Trinajstić information content (AvgIpc) is 2.90. The van der Waals surface area contributed by atoms with E-state index in [1.165, 1.54) is 0 Å². The lowest BCUT2D eigenvalue weighted by atomic mass is 10.1. The molecule has 2 atom stereocenters. The van der Waals surface area contributed by atoms with Crippen LogP contribution in [0.2, 0.25) is 0 Å². The van der Waals surface area contributed by atoms with Crippen LogP contribution in [-0.4, -0.2) is 48.2 Å². The lowest BCUT2D eigenvalue weighted by Gasteiger charge is -2.16. The van der Waals surface area contributed by atoms with Crippen LogP contribution in [-0.2, 0) is 20.9 Å². The molecule has 0 aromatic heterocycles. The molecular formula is C15H20N2O4. The van der Waals surface area contributed by atoms with Crippen molar-refractivity contribution in [2.45, 2.75) is 31.6 Å². The van der Waals surface area contributed by atoms with Crippen molar-refractivity contribution in [3.8, 4) is 0 Å². The SMILES string of the molecule is CN(C)Cc1ccccc1NC(=O)C1CCC(C(=O)O)O1. The summed E-state index contributed by atoms with van der Waals surface area (Å²) in [6.07, 6.45) is -0.776. The molecule has 0 radical (unpaired) electrons. The third-order valence-electron chi connectivity index (χ3n) is 3.35. The molecular weight excluding hydrogens is 272 g/mol. The summed E-state index contributed by atoms with van der Waals surface area (Å²) < 4.78 is 5.26. The number of benzene rings is 1. The Bertz CT molecular complexity index is 530. The Morgan fingerprint density at radius 1 is 1.29 bits per heavy atom. The van der Waals surface area contributed by atoms with Crippen LogP contribution in [0.4, 0.5) is 5.69 Å². The number of aliphatic carboxylic acids is 1. The summed E-state index contributed by atoms with van der Waals surface area (Å²) >= 11 is 0. The van der Waals surface area contributed by atoms with Gasteiger partial charge in [-0.3, -0.25) is 4.79 Å². The summed E-state index contributed by atoms with van der Waals surface area (Å²) in [5, 5.41) is 11.7. The number of carboxylic acid groups (broad SMARTS) is 1. The number of hydrogen-bond acceptors (Lipinski definition) is 4. The fraction of sp³-hybridized carbons (Fsp3) is 0.467. The maximum absolute atomic E-state index is 12.2. The Labute approximate surface area is 123 Å². The minimum atomic E-state index is -1.02. The summed E-state index contributed by atoms with van der Waals surface area (Å²) in [6.45, 7) is 0.708. The monoisotopic (exact) mass is 292 g/mol. The van der Waals surface area contributed by atoms with Crippen molar-refractivity contribution >= 4 is 17.6 Å². The number of hydrogen-bond donors (Lipinski definition) is 2. The molecule has 1 amide bonds. The molecule has 0 spiro atoms. The van der Waals surface area contributed by atoms with E-state index >= 15 is 0 Å². The molecule has 1 heterocycles. The third kappa shape index (κ3) is 4.03. The number of anilines is 1. The van der Waals surface area contributed by atoms with Crippen LogP contribution in [0, 0.1) is 0 Å². The normalized spacial score (nSPS) is 21.5. The molecule has 1 aromatic rings. The predicted molar refractivity (Wildman–Crippen MR) is 78.0 cm³/mol. The second kappa shape index (κ2) is 6.69. The molecule has 1 aliphatic rings. The van der Waals surface area contributed by atoms with Gasteiger partial charge in [0.25, 0.3) is 5.91 Å². The molecule has 114 valence electrons. The van der Waals surface area contributed by atoms with E-state index in [9.17, 15) is 9.59 Å². The number of nitrogens with one attached hydrogen (secondary N) is 1. The van der Waals surface area contributed by atoms with Crippen molar-refractivity contribution in [1.82, 2.24) is 4.90 Å². The van der Waals surface area contributed by atoms with Gasteiger partial charge in [0, 0.05) is 12.2 Å². The molecule has 0 saturated carbocycles. The smallest absolute Gasteiger partial charge is 0.332 e. The maximum Gasteiger partial charge on any atom is 0.332 e. The molecule has 1 aliphatic heterocycles. The number of para-hydroxylation sites is 1. The Kier molecular flexibility index (Phi) is 4.93. The van der Waals surface area contributed by atoms with Gasteiger partial charge in [0.05, 0.1) is 0 Å². The number of rotatable bonds is 5. The molecule has 0 bridgehead atoms. The van der Waals surface area contributed by atoms with E-state index in [0.717, 1.165) is 11.3 Å². The number of nitrogens with zero attached hydrogens (tertiary/aromatic N) is 1. The van der Waals surface area contributed by atoms with E-state index < -0.39 is 18.2 Å². The molecule has 6 nitrogen and oxygen atoms in total. The number of amides is 1. The van der Waals surface area contributed by atoms with Crippen LogP contribution < -0.4 is 5.32 Å². The Morgan fingerprint density at radius 2 is 1.95 bits per heavy atom. The maximum atomic E-state index is 12.2. The lowest BCUT2D eigenvalue weighted by Crippen LogP contribution is -2.30. The van der Waals surface area contributed by atoms with E-state index in [-0.39, 0.29) is 5.91 Å². The van der Waals surface area contributed by atoms with Crippen LogP contribution in [0.25, 0.3) is 0 Å². The molecule has 1 fully saturated rings. The van der Waals surface area contributed by atoms with Gasteiger partial charge in [-0.15, -0.1) is 0 Å². The van der Waals surface area contributed by atoms with E-state index in [1.807, 2.05) is 43.3 Å². The van der Waals surface area contributed by atoms with Crippen molar-refractivity contribution in [2.24, 2.45) is 0 Å². The van der Waals surface area contributed by atoms with Gasteiger partial charge in [0.1, 0.15) is 6.10 Å². The molecule has 0 aliphatic carbocycles. The van der Waals surface area contributed by atoms with Gasteiger partial charge in [-0.05, 0) is 38.6 Å². The van der Waals surface area contributed by atoms with Crippen LogP contribution >= 0.6 is 0 Å². The van der Waals surface area contributed by atoms with Gasteiger partial charge < -0.3 is 20.1 Å². The first-order chi connectivity index (χ1) is 9.97. The van der Waals surface area contributed by atoms with Gasteiger partial charge in [0.15, 0.2) is 6.10 Å². The van der Waals surface area contributed by atoms with E-state index in [1.54, 1.807) is 0 Å². The Hall–Kier alpha value is -1.92. The number of carbonyl (C=O) groups excluding carboxylic acids is 1. The first-order valence-electron chi connectivity index (χ1n) is 6.89. The summed E-state index contributed by atoms with van der Waals surface area (Å²) in [7, 11) is 3.91. The third-order valence-corrected chi connectivity index (χ3v) is 3.35. The Balaban J connectivity index is 2.02. The summed E-state index contributed by atoms with van der Waals surface area (Å²) in [5.74, 6) is -1.30. The first kappa shape index (κ1) is 15.5. The second-order valence-corrected chi connectivity index (χ2v) is 5.41. The molecule has 6 heteroatoms. The summed E-state index contributed by atoms with van der Waals surface area (Å²) in [5.41, 5.74) is 1.74. The highest BCUT2D eigenvalue weighted by Gasteiger charge is 2.34. The van der Waals surface area contributed by atoms with Gasteiger partial charge >= 0.3 is 5.97 Å². The lowest BCUT2D eigenvalue weighted by molar-refractivity contribution is -0.150. The van der Waals surface area contributed by atoms with Crippen LogP contribution in [0.5, 0.6) is 0 Å². The topological polar surface area (TPSA) is 78.9 Å². The summed E-state index contributed by atoms with van der Waals surface area (Å²) in [4.78, 5) is 25.0. The minimum absolute atomic E-state index is 0.287. The number of ether oxygens (including phenoxy) is 1. The van der Waals surface area contributed by atoms with E-state index in [0.29, 0.717) is 19.4 Å². The highest BCUT2D eigenvalue weighted by Crippen LogP contribution is 2.23.